The summed E-state index contributed by atoms with van der Waals surface area (Å²) in [6, 6.07) is 7.75. The first kappa shape index (κ1) is 18.0. The van der Waals surface area contributed by atoms with Crippen molar-refractivity contribution in [3.05, 3.63) is 58.4 Å². The van der Waals surface area contributed by atoms with E-state index in [1.807, 2.05) is 0 Å². The molecule has 0 spiro atoms. The Balaban J connectivity index is 2.07. The van der Waals surface area contributed by atoms with E-state index in [1.54, 1.807) is 32.0 Å². The number of ether oxygens (including phenoxy) is 1. The number of hydrogen-bond acceptors (Lipinski definition) is 3. The average molecular weight is 378 g/mol. The summed E-state index contributed by atoms with van der Waals surface area (Å²) in [6.45, 7) is 3.44. The largest absolute Gasteiger partial charge is 0.444 e. The van der Waals surface area contributed by atoms with Gasteiger partial charge in [-0.05, 0) is 55.8 Å². The number of hydrogen-bond donors (Lipinski definition) is 2. The summed E-state index contributed by atoms with van der Waals surface area (Å²) in [5.41, 5.74) is 7.40. The van der Waals surface area contributed by atoms with Crippen LogP contribution in [0, 0.1) is 12.7 Å². The monoisotopic (exact) mass is 377 g/mol. The number of urea groups is 1. The number of nitrogens with one attached hydrogen (secondary N) is 1. The molecule has 1 heterocycles. The molecule has 6 nitrogen and oxygen atoms in total. The SMILES string of the molecule is Cc1cc(Cl)ccc1N(C(N)=O)c1ccc(F)c(C2NC(=O)OC2C)c1. The molecule has 3 N–H and O–H groups in total. The number of halogens is 2. The van der Waals surface area contributed by atoms with E-state index >= 15 is 0 Å². The normalized spacial score (nSPS) is 19.0. The molecule has 2 unspecified atom stereocenters. The summed E-state index contributed by atoms with van der Waals surface area (Å²) < 4.78 is 19.4. The Kier molecular flexibility index (Phi) is 4.73. The van der Waals surface area contributed by atoms with Gasteiger partial charge in [0.1, 0.15) is 11.9 Å². The van der Waals surface area contributed by atoms with Crippen LogP contribution in [0.1, 0.15) is 24.1 Å². The van der Waals surface area contributed by atoms with Gasteiger partial charge in [0.25, 0.3) is 0 Å². The molecule has 2 aromatic carbocycles. The molecular weight excluding hydrogens is 361 g/mol. The Bertz CT molecular complexity index is 890. The minimum atomic E-state index is -0.729. The predicted molar refractivity (Wildman–Crippen MR) is 96.1 cm³/mol. The third-order valence-electron chi connectivity index (χ3n) is 4.23. The summed E-state index contributed by atoms with van der Waals surface area (Å²) >= 11 is 5.97. The standard InChI is InChI=1S/C18H17ClFN3O3/c1-9-7-11(19)3-6-15(9)23(17(21)24)12-4-5-14(20)13(8-12)16-10(2)26-18(25)22-16/h3-8,10,16H,1-2H3,(H2,21,24)(H,22,25). The van der Waals surface area contributed by atoms with Crippen molar-refractivity contribution in [1.82, 2.24) is 5.32 Å². The van der Waals surface area contributed by atoms with Crippen molar-refractivity contribution in [2.24, 2.45) is 5.73 Å². The van der Waals surface area contributed by atoms with Crippen LogP contribution in [0.4, 0.5) is 25.4 Å². The van der Waals surface area contributed by atoms with Crippen LogP contribution in [-0.2, 0) is 4.74 Å². The first-order chi connectivity index (χ1) is 12.3. The first-order valence-corrected chi connectivity index (χ1v) is 8.28. The molecule has 2 aromatic rings. The average Bonchev–Trinajstić information content (AvgIpc) is 2.89. The quantitative estimate of drug-likeness (QED) is 0.841. The van der Waals surface area contributed by atoms with Gasteiger partial charge in [-0.1, -0.05) is 11.6 Å². The number of alkyl carbamates (subject to hydrolysis) is 1. The number of amides is 3. The number of nitrogens with two attached hydrogens (primary N) is 1. The van der Waals surface area contributed by atoms with E-state index in [-0.39, 0.29) is 5.56 Å². The van der Waals surface area contributed by atoms with Crippen LogP contribution in [0.3, 0.4) is 0 Å². The van der Waals surface area contributed by atoms with E-state index < -0.39 is 30.1 Å². The molecule has 0 saturated carbocycles. The van der Waals surface area contributed by atoms with Crippen molar-refractivity contribution in [3.63, 3.8) is 0 Å². The number of nitrogens with zero attached hydrogens (tertiary/aromatic N) is 1. The highest BCUT2D eigenvalue weighted by Gasteiger charge is 2.34. The summed E-state index contributed by atoms with van der Waals surface area (Å²) in [5, 5.41) is 3.08. The molecule has 2 atom stereocenters. The molecule has 1 aliphatic rings. The van der Waals surface area contributed by atoms with E-state index in [9.17, 15) is 14.0 Å². The number of rotatable bonds is 3. The van der Waals surface area contributed by atoms with E-state index in [2.05, 4.69) is 5.32 Å². The number of cyclic esters (lactones) is 1. The maximum Gasteiger partial charge on any atom is 0.408 e. The van der Waals surface area contributed by atoms with Crippen LogP contribution in [0.5, 0.6) is 0 Å². The van der Waals surface area contributed by atoms with Gasteiger partial charge in [-0.2, -0.15) is 0 Å². The second-order valence-corrected chi connectivity index (χ2v) is 6.48. The van der Waals surface area contributed by atoms with Gasteiger partial charge < -0.3 is 15.8 Å². The van der Waals surface area contributed by atoms with E-state index in [1.165, 1.54) is 23.1 Å². The molecular formula is C18H17ClFN3O3. The van der Waals surface area contributed by atoms with Gasteiger partial charge in [-0.3, -0.25) is 4.90 Å². The topological polar surface area (TPSA) is 84.7 Å². The first-order valence-electron chi connectivity index (χ1n) is 7.90. The Morgan fingerprint density at radius 1 is 1.31 bits per heavy atom. The van der Waals surface area contributed by atoms with Crippen LogP contribution in [-0.4, -0.2) is 18.2 Å². The summed E-state index contributed by atoms with van der Waals surface area (Å²) in [4.78, 5) is 24.8. The highest BCUT2D eigenvalue weighted by molar-refractivity contribution is 6.30. The number of aryl methyl sites for hydroxylation is 1. The van der Waals surface area contributed by atoms with E-state index in [0.29, 0.717) is 16.4 Å². The maximum atomic E-state index is 14.4. The van der Waals surface area contributed by atoms with Crippen molar-refractivity contribution in [2.45, 2.75) is 26.0 Å². The highest BCUT2D eigenvalue weighted by atomic mass is 35.5. The molecule has 0 bridgehead atoms. The molecule has 26 heavy (non-hydrogen) atoms. The Morgan fingerprint density at radius 3 is 2.62 bits per heavy atom. The lowest BCUT2D eigenvalue weighted by molar-refractivity contribution is 0.141. The Labute approximate surface area is 154 Å². The highest BCUT2D eigenvalue weighted by Crippen LogP contribution is 2.34. The zero-order chi connectivity index (χ0) is 19.0. The van der Waals surface area contributed by atoms with Gasteiger partial charge in [0.15, 0.2) is 0 Å². The lowest BCUT2D eigenvalue weighted by Gasteiger charge is -2.24. The van der Waals surface area contributed by atoms with Gasteiger partial charge in [0.2, 0.25) is 0 Å². The second kappa shape index (κ2) is 6.84. The van der Waals surface area contributed by atoms with Crippen molar-refractivity contribution in [1.29, 1.82) is 0 Å². The van der Waals surface area contributed by atoms with Crippen LogP contribution in [0.15, 0.2) is 36.4 Å². The van der Waals surface area contributed by atoms with Crippen molar-refractivity contribution < 1.29 is 18.7 Å². The summed E-state index contributed by atoms with van der Waals surface area (Å²) in [7, 11) is 0. The number of benzene rings is 2. The maximum absolute atomic E-state index is 14.4. The molecule has 3 rings (SSSR count). The minimum absolute atomic E-state index is 0.207. The Hall–Kier alpha value is -2.80. The molecule has 0 aromatic heterocycles. The van der Waals surface area contributed by atoms with Gasteiger partial charge in [-0.15, -0.1) is 0 Å². The predicted octanol–water partition coefficient (Wildman–Crippen LogP) is 4.17. The van der Waals surface area contributed by atoms with Gasteiger partial charge >= 0.3 is 12.1 Å². The lowest BCUT2D eigenvalue weighted by atomic mass is 10.0. The summed E-state index contributed by atoms with van der Waals surface area (Å²) in [6.07, 6.45) is -1.17. The second-order valence-electron chi connectivity index (χ2n) is 6.04. The fraction of sp³-hybridized carbons (Fsp3) is 0.222. The molecule has 1 aliphatic heterocycles. The molecule has 1 fully saturated rings. The molecule has 0 radical (unpaired) electrons. The Morgan fingerprint density at radius 2 is 2.04 bits per heavy atom. The van der Waals surface area contributed by atoms with Gasteiger partial charge in [0, 0.05) is 10.6 Å². The minimum Gasteiger partial charge on any atom is -0.444 e. The van der Waals surface area contributed by atoms with Crippen LogP contribution in [0.2, 0.25) is 5.02 Å². The van der Waals surface area contributed by atoms with E-state index in [0.717, 1.165) is 5.56 Å². The van der Waals surface area contributed by atoms with Crippen LogP contribution >= 0.6 is 11.6 Å². The molecule has 136 valence electrons. The number of carbonyl (C=O) groups is 2. The zero-order valence-electron chi connectivity index (χ0n) is 14.1. The fourth-order valence-electron chi connectivity index (χ4n) is 3.01. The molecule has 0 aliphatic carbocycles. The number of anilines is 2. The van der Waals surface area contributed by atoms with Crippen LogP contribution < -0.4 is 16.0 Å². The van der Waals surface area contributed by atoms with Crippen molar-refractivity contribution in [2.75, 3.05) is 4.90 Å². The fourth-order valence-corrected chi connectivity index (χ4v) is 3.24. The molecule has 3 amide bonds. The van der Waals surface area contributed by atoms with Crippen molar-refractivity contribution in [3.8, 4) is 0 Å². The van der Waals surface area contributed by atoms with Gasteiger partial charge in [-0.25, -0.2) is 14.0 Å². The molecule has 8 heteroatoms. The number of primary amides is 1. The van der Waals surface area contributed by atoms with Crippen molar-refractivity contribution >= 4 is 35.1 Å². The molecule has 1 saturated heterocycles. The smallest absolute Gasteiger partial charge is 0.408 e. The zero-order valence-corrected chi connectivity index (χ0v) is 14.9. The summed E-state index contributed by atoms with van der Waals surface area (Å²) in [5.74, 6) is -0.520. The lowest BCUT2D eigenvalue weighted by Crippen LogP contribution is -2.32. The van der Waals surface area contributed by atoms with E-state index in [4.69, 9.17) is 22.1 Å². The van der Waals surface area contributed by atoms with Crippen LogP contribution in [0.25, 0.3) is 0 Å². The third-order valence-corrected chi connectivity index (χ3v) is 4.46. The number of carbonyl (C=O) groups excluding carboxylic acids is 2. The van der Waals surface area contributed by atoms with Gasteiger partial charge in [0.05, 0.1) is 17.4 Å². The third kappa shape index (κ3) is 3.30.